The van der Waals surface area contributed by atoms with Gasteiger partial charge in [0.05, 0.1) is 12.0 Å². The molecule has 37 heavy (non-hydrogen) atoms. The molecule has 0 amide bonds. The second-order valence-corrected chi connectivity index (χ2v) is 10.0. The number of nitro benzene ring substituents is 1. The number of hydrogen-bond acceptors (Lipinski definition) is 5. The van der Waals surface area contributed by atoms with Crippen LogP contribution in [0.15, 0.2) is 102 Å². The molecular formula is C31H28N2O4. The number of allylic oxidation sites excluding steroid dienone is 4. The number of nitro groups is 1. The molecule has 1 aliphatic carbocycles. The molecule has 5 rings (SSSR count). The van der Waals surface area contributed by atoms with Gasteiger partial charge in [-0.2, -0.15) is 0 Å². The zero-order chi connectivity index (χ0) is 26.2. The van der Waals surface area contributed by atoms with Gasteiger partial charge in [0.15, 0.2) is 5.78 Å². The van der Waals surface area contributed by atoms with Crippen molar-refractivity contribution < 1.29 is 14.5 Å². The standard InChI is InChI=1S/C31H28N2O4/c1-31(2)19-28-29(30(34)26(31)17-20-7-5-4-6-8-20)25(21-9-13-23(14-10-21)33(35)36)18-27(32-28)22-11-15-24(37-3)16-12-22/h4-18,25,32H,19H2,1-3H3/b26-17+. The predicted molar refractivity (Wildman–Crippen MR) is 145 cm³/mol. The molecule has 0 spiro atoms. The van der Waals surface area contributed by atoms with Crippen LogP contribution in [0.3, 0.4) is 0 Å². The SMILES string of the molecule is COc1ccc(C2=CC(c3ccc([N+](=O)[O-])cc3)C3=C(CC(C)(C)/C(=C/c4ccccc4)C3=O)N2)cc1. The van der Waals surface area contributed by atoms with Gasteiger partial charge in [-0.1, -0.05) is 56.3 Å². The van der Waals surface area contributed by atoms with E-state index in [4.69, 9.17) is 4.74 Å². The molecular weight excluding hydrogens is 464 g/mol. The number of nitrogens with one attached hydrogen (secondary N) is 1. The van der Waals surface area contributed by atoms with Crippen molar-refractivity contribution >= 4 is 23.2 Å². The summed E-state index contributed by atoms with van der Waals surface area (Å²) < 4.78 is 5.31. The Labute approximate surface area is 216 Å². The van der Waals surface area contributed by atoms with Crippen molar-refractivity contribution in [3.63, 3.8) is 0 Å². The van der Waals surface area contributed by atoms with E-state index in [0.717, 1.165) is 39.4 Å². The van der Waals surface area contributed by atoms with Gasteiger partial charge in [-0.3, -0.25) is 14.9 Å². The van der Waals surface area contributed by atoms with E-state index in [9.17, 15) is 14.9 Å². The highest BCUT2D eigenvalue weighted by atomic mass is 16.6. The van der Waals surface area contributed by atoms with Gasteiger partial charge >= 0.3 is 0 Å². The van der Waals surface area contributed by atoms with Crippen LogP contribution in [0.1, 0.15) is 42.9 Å². The number of Topliss-reactive ketones (excluding diaryl/α,β-unsaturated/α-hetero) is 1. The van der Waals surface area contributed by atoms with Crippen LogP contribution in [-0.2, 0) is 4.79 Å². The number of nitrogens with zero attached hydrogens (tertiary/aromatic N) is 1. The Kier molecular flexibility index (Phi) is 6.25. The van der Waals surface area contributed by atoms with Gasteiger partial charge in [0.2, 0.25) is 0 Å². The van der Waals surface area contributed by atoms with Crippen molar-refractivity contribution in [1.82, 2.24) is 5.32 Å². The van der Waals surface area contributed by atoms with Crippen molar-refractivity contribution in [1.29, 1.82) is 0 Å². The van der Waals surface area contributed by atoms with E-state index in [-0.39, 0.29) is 22.8 Å². The highest BCUT2D eigenvalue weighted by Gasteiger charge is 2.42. The third-order valence-electron chi connectivity index (χ3n) is 7.07. The normalized spacial score (nSPS) is 19.6. The molecule has 1 heterocycles. The Bertz CT molecular complexity index is 1450. The molecule has 0 radical (unpaired) electrons. The van der Waals surface area contributed by atoms with Crippen molar-refractivity contribution in [2.45, 2.75) is 26.2 Å². The number of rotatable bonds is 5. The number of ether oxygens (including phenoxy) is 1. The Morgan fingerprint density at radius 1 is 1.00 bits per heavy atom. The largest absolute Gasteiger partial charge is 0.497 e. The number of ketones is 1. The van der Waals surface area contributed by atoms with Crippen LogP contribution in [0, 0.1) is 15.5 Å². The summed E-state index contributed by atoms with van der Waals surface area (Å²) in [6, 6.07) is 24.1. The monoisotopic (exact) mass is 492 g/mol. The van der Waals surface area contributed by atoms with E-state index < -0.39 is 4.92 Å². The van der Waals surface area contributed by atoms with Crippen molar-refractivity contribution in [2.24, 2.45) is 5.41 Å². The summed E-state index contributed by atoms with van der Waals surface area (Å²) in [7, 11) is 1.63. The molecule has 1 N–H and O–H groups in total. The first-order chi connectivity index (χ1) is 17.8. The van der Waals surface area contributed by atoms with Crippen LogP contribution < -0.4 is 10.1 Å². The predicted octanol–water partition coefficient (Wildman–Crippen LogP) is 6.67. The van der Waals surface area contributed by atoms with Gasteiger partial charge < -0.3 is 10.1 Å². The minimum absolute atomic E-state index is 0.00372. The van der Waals surface area contributed by atoms with E-state index in [0.29, 0.717) is 12.0 Å². The summed E-state index contributed by atoms with van der Waals surface area (Å²) in [6.45, 7) is 4.19. The van der Waals surface area contributed by atoms with E-state index in [1.54, 1.807) is 19.2 Å². The van der Waals surface area contributed by atoms with Gasteiger partial charge in [-0.05, 0) is 64.9 Å². The molecule has 0 aromatic heterocycles. The van der Waals surface area contributed by atoms with Gasteiger partial charge in [-0.25, -0.2) is 0 Å². The van der Waals surface area contributed by atoms with Crippen molar-refractivity contribution in [3.8, 4) is 5.75 Å². The summed E-state index contributed by atoms with van der Waals surface area (Å²) in [5.41, 5.74) is 5.63. The molecule has 0 fully saturated rings. The van der Waals surface area contributed by atoms with E-state index >= 15 is 0 Å². The van der Waals surface area contributed by atoms with Crippen LogP contribution in [-0.4, -0.2) is 17.8 Å². The first kappa shape index (κ1) is 24.3. The third kappa shape index (κ3) is 4.70. The van der Waals surface area contributed by atoms with Crippen molar-refractivity contribution in [2.75, 3.05) is 7.11 Å². The molecule has 3 aromatic carbocycles. The lowest BCUT2D eigenvalue weighted by Crippen LogP contribution is -2.37. The molecule has 0 bridgehead atoms. The second kappa shape index (κ2) is 9.54. The molecule has 1 aliphatic heterocycles. The van der Waals surface area contributed by atoms with E-state index in [2.05, 4.69) is 19.2 Å². The fourth-order valence-electron chi connectivity index (χ4n) is 5.10. The van der Waals surface area contributed by atoms with E-state index in [1.807, 2.05) is 66.7 Å². The Morgan fingerprint density at radius 2 is 1.68 bits per heavy atom. The highest BCUT2D eigenvalue weighted by Crippen LogP contribution is 2.48. The molecule has 6 heteroatoms. The lowest BCUT2D eigenvalue weighted by Gasteiger charge is -2.40. The second-order valence-electron chi connectivity index (χ2n) is 10.0. The molecule has 3 aromatic rings. The molecule has 0 saturated heterocycles. The average Bonchev–Trinajstić information content (AvgIpc) is 2.90. The number of hydrogen-bond donors (Lipinski definition) is 1. The van der Waals surface area contributed by atoms with Crippen LogP contribution in [0.25, 0.3) is 11.8 Å². The first-order valence-electron chi connectivity index (χ1n) is 12.2. The molecule has 1 unspecified atom stereocenters. The maximum Gasteiger partial charge on any atom is 0.269 e. The highest BCUT2D eigenvalue weighted by molar-refractivity contribution is 6.15. The number of carbonyl (C=O) groups is 1. The topological polar surface area (TPSA) is 81.5 Å². The minimum Gasteiger partial charge on any atom is -0.497 e. The van der Waals surface area contributed by atoms with Gasteiger partial charge in [-0.15, -0.1) is 0 Å². The first-order valence-corrected chi connectivity index (χ1v) is 12.2. The van der Waals surface area contributed by atoms with Gasteiger partial charge in [0.25, 0.3) is 5.69 Å². The molecule has 2 aliphatic rings. The summed E-state index contributed by atoms with van der Waals surface area (Å²) in [5, 5.41) is 14.8. The Morgan fingerprint density at radius 3 is 2.30 bits per heavy atom. The minimum atomic E-state index is -0.412. The van der Waals surface area contributed by atoms with Crippen molar-refractivity contribution in [3.05, 3.63) is 129 Å². The summed E-state index contributed by atoms with van der Waals surface area (Å²) in [6.07, 6.45) is 4.68. The zero-order valence-corrected chi connectivity index (χ0v) is 21.0. The smallest absolute Gasteiger partial charge is 0.269 e. The number of carbonyl (C=O) groups excluding carboxylic acids is 1. The van der Waals surface area contributed by atoms with Gasteiger partial charge in [0, 0.05) is 40.6 Å². The maximum absolute atomic E-state index is 14.1. The number of non-ortho nitro benzene ring substituents is 1. The van der Waals surface area contributed by atoms with E-state index in [1.165, 1.54) is 12.1 Å². The number of methoxy groups -OCH3 is 1. The summed E-state index contributed by atoms with van der Waals surface area (Å²) in [4.78, 5) is 25.0. The van der Waals surface area contributed by atoms with Crippen LogP contribution in [0.2, 0.25) is 0 Å². The summed E-state index contributed by atoms with van der Waals surface area (Å²) >= 11 is 0. The zero-order valence-electron chi connectivity index (χ0n) is 21.0. The van der Waals surface area contributed by atoms with Crippen LogP contribution >= 0.6 is 0 Å². The Balaban J connectivity index is 1.63. The van der Waals surface area contributed by atoms with Crippen LogP contribution in [0.4, 0.5) is 5.69 Å². The lowest BCUT2D eigenvalue weighted by molar-refractivity contribution is -0.384. The van der Waals surface area contributed by atoms with Crippen LogP contribution in [0.5, 0.6) is 5.75 Å². The molecule has 0 saturated carbocycles. The quantitative estimate of drug-likeness (QED) is 0.244. The molecule has 1 atom stereocenters. The third-order valence-corrected chi connectivity index (χ3v) is 7.07. The fourth-order valence-corrected chi connectivity index (χ4v) is 5.10. The van der Waals surface area contributed by atoms with Gasteiger partial charge in [0.1, 0.15) is 5.75 Å². The summed E-state index contributed by atoms with van der Waals surface area (Å²) in [5.74, 6) is 0.407. The Hall–Kier alpha value is -4.45. The maximum atomic E-state index is 14.1. The fraction of sp³-hybridized carbons (Fsp3) is 0.194. The number of benzene rings is 3. The molecule has 6 nitrogen and oxygen atoms in total. The molecule has 186 valence electrons. The average molecular weight is 493 g/mol. The number of dihydropyridines is 1. The lowest BCUT2D eigenvalue weighted by atomic mass is 9.67.